The largest absolute Gasteiger partial charge is 0.495 e. The fourth-order valence-electron chi connectivity index (χ4n) is 4.38. The summed E-state index contributed by atoms with van der Waals surface area (Å²) in [5.74, 6) is 0.915. The van der Waals surface area contributed by atoms with Crippen molar-refractivity contribution in [3.8, 4) is 5.88 Å². The monoisotopic (exact) mass is 406 g/mol. The maximum absolute atomic E-state index is 9.75. The Kier molecular flexibility index (Phi) is 5.08. The number of anilines is 1. The normalized spacial score (nSPS) is 28.0. The van der Waals surface area contributed by atoms with E-state index in [9.17, 15) is 10.2 Å². The van der Waals surface area contributed by atoms with E-state index >= 15 is 0 Å². The minimum atomic E-state index is -0.158. The first-order valence-electron chi connectivity index (χ1n) is 10.6. The van der Waals surface area contributed by atoms with Crippen LogP contribution in [0.25, 0.3) is 11.0 Å². The van der Waals surface area contributed by atoms with Gasteiger partial charge in [-0.1, -0.05) is 6.08 Å². The number of H-pyrrole nitrogens is 1. The smallest absolute Gasteiger partial charge is 0.222 e. The molecule has 3 heterocycles. The lowest BCUT2D eigenvalue weighted by atomic mass is 9.92. The Balaban J connectivity index is 1.34. The van der Waals surface area contributed by atoms with Gasteiger partial charge in [-0.2, -0.15) is 0 Å². The van der Waals surface area contributed by atoms with Crippen molar-refractivity contribution in [2.24, 2.45) is 20.9 Å². The third kappa shape index (κ3) is 4.14. The van der Waals surface area contributed by atoms with Crippen molar-refractivity contribution in [3.63, 3.8) is 0 Å². The summed E-state index contributed by atoms with van der Waals surface area (Å²) in [5.41, 5.74) is 4.42. The van der Waals surface area contributed by atoms with Gasteiger partial charge in [0.2, 0.25) is 5.96 Å². The number of nitrogens with one attached hydrogen (secondary N) is 2. The van der Waals surface area contributed by atoms with Gasteiger partial charge in [0.15, 0.2) is 5.88 Å². The fourth-order valence-corrected chi connectivity index (χ4v) is 4.38. The van der Waals surface area contributed by atoms with Gasteiger partial charge >= 0.3 is 0 Å². The molecule has 8 nitrogen and oxygen atoms in total. The van der Waals surface area contributed by atoms with E-state index in [0.29, 0.717) is 24.1 Å². The summed E-state index contributed by atoms with van der Waals surface area (Å²) in [4.78, 5) is 21.7. The average Bonchev–Trinajstić information content (AvgIpc) is 2.87. The number of aromatic hydroxyl groups is 1. The zero-order valence-corrected chi connectivity index (χ0v) is 16.8. The molecule has 0 spiro atoms. The first kappa shape index (κ1) is 19.0. The molecule has 2 aromatic rings. The van der Waals surface area contributed by atoms with Gasteiger partial charge in [0.1, 0.15) is 0 Å². The molecule has 1 atom stereocenters. The van der Waals surface area contributed by atoms with Crippen LogP contribution in [0.2, 0.25) is 0 Å². The predicted molar refractivity (Wildman–Crippen MR) is 119 cm³/mol. The SMILES string of the molecule is Oc1cc2ncc(NC3=NCC4CC(=N3)C=CCC4=NC3CCC(O)CC3)cc2[nH]1. The minimum Gasteiger partial charge on any atom is -0.495 e. The molecule has 0 radical (unpaired) electrons. The second-order valence-electron chi connectivity index (χ2n) is 8.29. The molecule has 8 heteroatoms. The molecule has 1 saturated carbocycles. The minimum absolute atomic E-state index is 0.0937. The third-order valence-electron chi connectivity index (χ3n) is 6.00. The average molecular weight is 406 g/mol. The Morgan fingerprint density at radius 1 is 1.17 bits per heavy atom. The molecule has 156 valence electrons. The van der Waals surface area contributed by atoms with Crippen LogP contribution in [0.4, 0.5) is 5.69 Å². The molecule has 2 bridgehead atoms. The molecule has 30 heavy (non-hydrogen) atoms. The summed E-state index contributed by atoms with van der Waals surface area (Å²) in [6.45, 7) is 0.643. The van der Waals surface area contributed by atoms with Crippen LogP contribution < -0.4 is 5.32 Å². The summed E-state index contributed by atoms with van der Waals surface area (Å²) < 4.78 is 0. The predicted octanol–water partition coefficient (Wildman–Crippen LogP) is 3.20. The molecule has 2 aromatic heterocycles. The van der Waals surface area contributed by atoms with Crippen molar-refractivity contribution in [2.45, 2.75) is 50.7 Å². The summed E-state index contributed by atoms with van der Waals surface area (Å²) in [6.07, 6.45) is 11.1. The molecule has 1 fully saturated rings. The third-order valence-corrected chi connectivity index (χ3v) is 6.00. The molecule has 1 aliphatic heterocycles. The Bertz CT molecular complexity index is 1060. The topological polar surface area (TPSA) is 118 Å². The van der Waals surface area contributed by atoms with Crippen molar-refractivity contribution in [1.82, 2.24) is 9.97 Å². The van der Waals surface area contributed by atoms with Gasteiger partial charge in [-0.15, -0.1) is 0 Å². The van der Waals surface area contributed by atoms with Gasteiger partial charge in [0.05, 0.1) is 41.6 Å². The van der Waals surface area contributed by atoms with E-state index < -0.39 is 0 Å². The van der Waals surface area contributed by atoms with Gasteiger partial charge in [0, 0.05) is 29.8 Å². The molecule has 1 unspecified atom stereocenters. The second kappa shape index (κ2) is 8.02. The molecule has 5 rings (SSSR count). The number of aliphatic imine (C=N–C) groups is 3. The van der Waals surface area contributed by atoms with E-state index in [-0.39, 0.29) is 17.9 Å². The van der Waals surface area contributed by atoms with Gasteiger partial charge in [-0.3, -0.25) is 15.0 Å². The number of aliphatic hydroxyl groups is 1. The van der Waals surface area contributed by atoms with Crippen LogP contribution in [-0.2, 0) is 0 Å². The van der Waals surface area contributed by atoms with Gasteiger partial charge < -0.3 is 20.5 Å². The van der Waals surface area contributed by atoms with E-state index in [0.717, 1.165) is 55.4 Å². The summed E-state index contributed by atoms with van der Waals surface area (Å²) >= 11 is 0. The molecule has 3 aliphatic rings. The van der Waals surface area contributed by atoms with Crippen molar-refractivity contribution < 1.29 is 10.2 Å². The molecular formula is C22H26N6O2. The number of hydrogen-bond acceptors (Lipinski definition) is 7. The Morgan fingerprint density at radius 3 is 2.90 bits per heavy atom. The first-order valence-corrected chi connectivity index (χ1v) is 10.6. The number of pyridine rings is 1. The number of guanidine groups is 1. The number of rotatable bonds is 2. The first-order chi connectivity index (χ1) is 14.6. The number of nitrogens with zero attached hydrogens (tertiary/aromatic N) is 4. The van der Waals surface area contributed by atoms with E-state index in [1.54, 1.807) is 12.3 Å². The molecule has 0 amide bonds. The number of hydrogen-bond donors (Lipinski definition) is 4. The summed E-state index contributed by atoms with van der Waals surface area (Å²) in [7, 11) is 0. The Hall–Kier alpha value is -3.00. The molecule has 2 aliphatic carbocycles. The second-order valence-corrected chi connectivity index (χ2v) is 8.29. The van der Waals surface area contributed by atoms with Crippen molar-refractivity contribution in [3.05, 3.63) is 30.5 Å². The number of aliphatic hydroxyl groups excluding tert-OH is 1. The Labute approximate surface area is 174 Å². The van der Waals surface area contributed by atoms with Crippen LogP contribution in [0.1, 0.15) is 38.5 Å². The maximum Gasteiger partial charge on any atom is 0.222 e. The van der Waals surface area contributed by atoms with Gasteiger partial charge in [-0.25, -0.2) is 4.99 Å². The van der Waals surface area contributed by atoms with Crippen LogP contribution in [0.5, 0.6) is 5.88 Å². The van der Waals surface area contributed by atoms with Crippen LogP contribution >= 0.6 is 0 Å². The zero-order valence-electron chi connectivity index (χ0n) is 16.8. The highest BCUT2D eigenvalue weighted by atomic mass is 16.3. The lowest BCUT2D eigenvalue weighted by molar-refractivity contribution is 0.123. The van der Waals surface area contributed by atoms with Crippen molar-refractivity contribution >= 4 is 34.1 Å². The lowest BCUT2D eigenvalue weighted by Gasteiger charge is -2.24. The highest BCUT2D eigenvalue weighted by Crippen LogP contribution is 2.26. The lowest BCUT2D eigenvalue weighted by Crippen LogP contribution is -2.25. The van der Waals surface area contributed by atoms with Gasteiger partial charge in [-0.05, 0) is 44.2 Å². The fraction of sp³-hybridized carbons (Fsp3) is 0.455. The zero-order chi connectivity index (χ0) is 20.5. The standard InChI is InChI=1S/C22H26N6O2/c29-17-6-4-14(5-7-17)25-18-3-1-2-15-8-13(18)11-24-22(26-15)27-16-9-20-19(23-12-16)10-21(30)28-20/h1-2,9-10,12-14,17,28-30H,3-8,11H2,(H,24,27). The Morgan fingerprint density at radius 2 is 2.03 bits per heavy atom. The molecule has 0 aromatic carbocycles. The maximum atomic E-state index is 9.75. The summed E-state index contributed by atoms with van der Waals surface area (Å²) in [6, 6.07) is 3.79. The van der Waals surface area contributed by atoms with Gasteiger partial charge in [0.25, 0.3) is 0 Å². The summed E-state index contributed by atoms with van der Waals surface area (Å²) in [5, 5.41) is 22.6. The molecular weight excluding hydrogens is 380 g/mol. The molecule has 4 N–H and O–H groups in total. The van der Waals surface area contributed by atoms with Crippen LogP contribution in [0, 0.1) is 5.92 Å². The van der Waals surface area contributed by atoms with Crippen LogP contribution in [-0.4, -0.2) is 56.3 Å². The quantitative estimate of drug-likeness (QED) is 0.612. The van der Waals surface area contributed by atoms with E-state index in [1.807, 2.05) is 6.07 Å². The van der Waals surface area contributed by atoms with E-state index in [2.05, 4.69) is 27.4 Å². The highest BCUT2D eigenvalue weighted by molar-refractivity contribution is 6.11. The van der Waals surface area contributed by atoms with E-state index in [4.69, 9.17) is 15.0 Å². The highest BCUT2D eigenvalue weighted by Gasteiger charge is 2.25. The van der Waals surface area contributed by atoms with Crippen LogP contribution in [0.15, 0.2) is 45.5 Å². The number of aromatic amines is 1. The van der Waals surface area contributed by atoms with Crippen LogP contribution in [0.3, 0.4) is 0 Å². The number of aromatic nitrogens is 2. The molecule has 0 saturated heterocycles. The van der Waals surface area contributed by atoms with E-state index in [1.165, 1.54) is 5.71 Å². The number of allylic oxidation sites excluding steroid dienone is 2. The van der Waals surface area contributed by atoms with Crippen molar-refractivity contribution in [1.29, 1.82) is 0 Å². The number of fused-ring (bicyclic) bond motifs is 3. The van der Waals surface area contributed by atoms with Crippen molar-refractivity contribution in [2.75, 3.05) is 11.9 Å².